The highest BCUT2D eigenvalue weighted by Gasteiger charge is 2.16. The largest absolute Gasteiger partial charge is 0.352 e. The second kappa shape index (κ2) is 9.89. The van der Waals surface area contributed by atoms with Gasteiger partial charge in [-0.15, -0.1) is 12.4 Å². The summed E-state index contributed by atoms with van der Waals surface area (Å²) in [5.41, 5.74) is 7.58. The zero-order valence-electron chi connectivity index (χ0n) is 14.7. The lowest BCUT2D eigenvalue weighted by molar-refractivity contribution is -0.125. The molecule has 0 aliphatic rings. The average Bonchev–Trinajstić information content (AvgIpc) is 2.61. The van der Waals surface area contributed by atoms with Gasteiger partial charge in [-0.05, 0) is 48.9 Å². The number of halogens is 2. The number of carbonyl (C=O) groups is 2. The van der Waals surface area contributed by atoms with Gasteiger partial charge in [-0.25, -0.2) is 4.39 Å². The molecule has 2 aromatic rings. The summed E-state index contributed by atoms with van der Waals surface area (Å²) in [7, 11) is 0. The number of nitrogens with two attached hydrogens (primary N) is 1. The van der Waals surface area contributed by atoms with Crippen LogP contribution in [0.4, 0.5) is 10.1 Å². The summed E-state index contributed by atoms with van der Waals surface area (Å²) in [6, 6.07) is 12.2. The normalized spacial score (nSPS) is 12.5. The molecule has 26 heavy (non-hydrogen) atoms. The highest BCUT2D eigenvalue weighted by molar-refractivity contribution is 6.04. The molecule has 140 valence electrons. The van der Waals surface area contributed by atoms with Gasteiger partial charge in [0, 0.05) is 29.8 Å². The van der Waals surface area contributed by atoms with E-state index in [1.165, 1.54) is 24.3 Å². The molecule has 2 amide bonds. The van der Waals surface area contributed by atoms with Crippen LogP contribution in [0.1, 0.15) is 29.8 Å². The maximum atomic E-state index is 12.9. The lowest BCUT2D eigenvalue weighted by Gasteiger charge is -2.15. The molecule has 0 fully saturated rings. The Morgan fingerprint density at radius 1 is 1.04 bits per heavy atom. The smallest absolute Gasteiger partial charge is 0.255 e. The third-order valence-electron chi connectivity index (χ3n) is 3.99. The van der Waals surface area contributed by atoms with Gasteiger partial charge in [0.05, 0.1) is 0 Å². The topological polar surface area (TPSA) is 84.2 Å². The summed E-state index contributed by atoms with van der Waals surface area (Å²) in [6.45, 7) is 3.94. The first-order chi connectivity index (χ1) is 11.9. The van der Waals surface area contributed by atoms with Crippen molar-refractivity contribution in [1.29, 1.82) is 0 Å². The van der Waals surface area contributed by atoms with Crippen molar-refractivity contribution in [1.82, 2.24) is 5.32 Å². The number of carbonyl (C=O) groups excluding carboxylic acids is 2. The summed E-state index contributed by atoms with van der Waals surface area (Å²) in [6.07, 6.45) is 0. The van der Waals surface area contributed by atoms with Crippen molar-refractivity contribution in [2.75, 3.05) is 5.32 Å². The molecule has 2 unspecified atom stereocenters. The van der Waals surface area contributed by atoms with Gasteiger partial charge in [-0.3, -0.25) is 9.59 Å². The lowest BCUT2D eigenvalue weighted by Crippen LogP contribution is -2.38. The number of nitrogens with one attached hydrogen (secondary N) is 2. The highest BCUT2D eigenvalue weighted by Crippen LogP contribution is 2.11. The number of rotatable bonds is 6. The Balaban J connectivity index is 0.00000338. The molecule has 0 bridgehead atoms. The molecular weight excluding hydrogens is 357 g/mol. The number of hydrogen-bond donors (Lipinski definition) is 3. The van der Waals surface area contributed by atoms with Crippen LogP contribution in [-0.2, 0) is 11.3 Å². The van der Waals surface area contributed by atoms with Crippen LogP contribution in [0.2, 0.25) is 0 Å². The van der Waals surface area contributed by atoms with E-state index in [4.69, 9.17) is 5.73 Å². The van der Waals surface area contributed by atoms with Crippen LogP contribution in [0, 0.1) is 11.7 Å². The van der Waals surface area contributed by atoms with Crippen molar-refractivity contribution in [3.63, 3.8) is 0 Å². The van der Waals surface area contributed by atoms with Crippen molar-refractivity contribution in [2.45, 2.75) is 26.4 Å². The second-order valence-corrected chi connectivity index (χ2v) is 6.02. The Labute approximate surface area is 158 Å². The van der Waals surface area contributed by atoms with E-state index in [9.17, 15) is 14.0 Å². The Bertz CT molecular complexity index is 733. The maximum absolute atomic E-state index is 12.9. The van der Waals surface area contributed by atoms with E-state index < -0.39 is 0 Å². The predicted molar refractivity (Wildman–Crippen MR) is 103 cm³/mol. The molecule has 0 spiro atoms. The summed E-state index contributed by atoms with van der Waals surface area (Å²) in [4.78, 5) is 24.0. The van der Waals surface area contributed by atoms with Gasteiger partial charge in [-0.2, -0.15) is 0 Å². The van der Waals surface area contributed by atoms with E-state index in [1.807, 2.05) is 0 Å². The first kappa shape index (κ1) is 21.6. The molecule has 0 aromatic heterocycles. The second-order valence-electron chi connectivity index (χ2n) is 6.02. The van der Waals surface area contributed by atoms with Gasteiger partial charge in [-0.1, -0.05) is 19.1 Å². The molecule has 0 heterocycles. The third kappa shape index (κ3) is 6.13. The molecule has 2 atom stereocenters. The monoisotopic (exact) mass is 379 g/mol. The number of hydrogen-bond acceptors (Lipinski definition) is 3. The minimum Gasteiger partial charge on any atom is -0.352 e. The predicted octanol–water partition coefficient (Wildman–Crippen LogP) is 3.10. The molecule has 0 aliphatic heterocycles. The molecule has 2 rings (SSSR count). The van der Waals surface area contributed by atoms with Gasteiger partial charge in [0.2, 0.25) is 5.91 Å². The van der Waals surface area contributed by atoms with E-state index in [0.29, 0.717) is 17.8 Å². The van der Waals surface area contributed by atoms with Crippen molar-refractivity contribution in [3.8, 4) is 0 Å². The SMILES string of the molecule is CC(N)C(C)C(=O)NCc1ccc(C(=O)Nc2ccc(F)cc2)cc1.Cl. The summed E-state index contributed by atoms with van der Waals surface area (Å²) in [5.74, 6) is -1.01. The molecule has 0 radical (unpaired) electrons. The lowest BCUT2D eigenvalue weighted by atomic mass is 10.0. The minimum absolute atomic E-state index is 0. The molecule has 0 aliphatic carbocycles. The molecule has 2 aromatic carbocycles. The van der Waals surface area contributed by atoms with Crippen LogP contribution in [0.15, 0.2) is 48.5 Å². The molecule has 5 nitrogen and oxygen atoms in total. The van der Waals surface area contributed by atoms with Crippen LogP contribution < -0.4 is 16.4 Å². The standard InChI is InChI=1S/C19H22FN3O2.ClH/c1-12(13(2)21)18(24)22-11-14-3-5-15(6-4-14)19(25)23-17-9-7-16(20)8-10-17;/h3-10,12-13H,11,21H2,1-2H3,(H,22,24)(H,23,25);1H. The first-order valence-electron chi connectivity index (χ1n) is 8.06. The summed E-state index contributed by atoms with van der Waals surface area (Å²) in [5, 5.41) is 5.51. The molecular formula is C19H23ClFN3O2. The molecule has 0 saturated heterocycles. The molecule has 7 heteroatoms. The fraction of sp³-hybridized carbons (Fsp3) is 0.263. The minimum atomic E-state index is -0.359. The molecule has 4 N–H and O–H groups in total. The van der Waals surface area contributed by atoms with Crippen molar-refractivity contribution in [2.24, 2.45) is 11.7 Å². The van der Waals surface area contributed by atoms with Gasteiger partial charge < -0.3 is 16.4 Å². The van der Waals surface area contributed by atoms with E-state index in [2.05, 4.69) is 10.6 Å². The fourth-order valence-corrected chi connectivity index (χ4v) is 2.10. The van der Waals surface area contributed by atoms with Crippen LogP contribution in [0.5, 0.6) is 0 Å². The van der Waals surface area contributed by atoms with E-state index >= 15 is 0 Å². The van der Waals surface area contributed by atoms with Crippen molar-refractivity contribution >= 4 is 29.9 Å². The van der Waals surface area contributed by atoms with Crippen molar-refractivity contribution in [3.05, 3.63) is 65.5 Å². The summed E-state index contributed by atoms with van der Waals surface area (Å²) < 4.78 is 12.9. The Hall–Kier alpha value is -2.44. The average molecular weight is 380 g/mol. The zero-order valence-corrected chi connectivity index (χ0v) is 15.5. The quantitative estimate of drug-likeness (QED) is 0.721. The maximum Gasteiger partial charge on any atom is 0.255 e. The highest BCUT2D eigenvalue weighted by atomic mass is 35.5. The van der Waals surface area contributed by atoms with E-state index in [1.54, 1.807) is 38.1 Å². The van der Waals surface area contributed by atoms with E-state index in [0.717, 1.165) is 5.56 Å². The van der Waals surface area contributed by atoms with Gasteiger partial charge in [0.15, 0.2) is 0 Å². The van der Waals surface area contributed by atoms with Crippen LogP contribution in [0.25, 0.3) is 0 Å². The summed E-state index contributed by atoms with van der Waals surface area (Å²) >= 11 is 0. The number of benzene rings is 2. The van der Waals surface area contributed by atoms with Gasteiger partial charge in [0.25, 0.3) is 5.91 Å². The Morgan fingerprint density at radius 2 is 1.62 bits per heavy atom. The van der Waals surface area contributed by atoms with Gasteiger partial charge in [0.1, 0.15) is 5.82 Å². The van der Waals surface area contributed by atoms with Crippen molar-refractivity contribution < 1.29 is 14.0 Å². The zero-order chi connectivity index (χ0) is 18.4. The molecule has 0 saturated carbocycles. The van der Waals surface area contributed by atoms with Gasteiger partial charge >= 0.3 is 0 Å². The van der Waals surface area contributed by atoms with Crippen LogP contribution >= 0.6 is 12.4 Å². The third-order valence-corrected chi connectivity index (χ3v) is 3.99. The Morgan fingerprint density at radius 3 is 2.15 bits per heavy atom. The van der Waals surface area contributed by atoms with E-state index in [-0.39, 0.29) is 42.0 Å². The van der Waals surface area contributed by atoms with Crippen LogP contribution in [-0.4, -0.2) is 17.9 Å². The fourth-order valence-electron chi connectivity index (χ4n) is 2.10. The number of anilines is 1. The Kier molecular flexibility index (Phi) is 8.22. The van der Waals surface area contributed by atoms with Crippen LogP contribution in [0.3, 0.4) is 0 Å². The first-order valence-corrected chi connectivity index (χ1v) is 8.06. The number of amides is 2.